The van der Waals surface area contributed by atoms with Crippen molar-refractivity contribution in [2.24, 2.45) is 0 Å². The van der Waals surface area contributed by atoms with Crippen molar-refractivity contribution in [3.05, 3.63) is 188 Å². The van der Waals surface area contributed by atoms with Crippen LogP contribution in [0.25, 0.3) is 111 Å². The molecule has 2 aromatic heterocycles. The number of para-hydroxylation sites is 1. The minimum Gasteiger partial charge on any atom is -0.456 e. The maximum Gasteiger partial charge on any atom is 0.164 e. The number of hydrogen-bond donors (Lipinski definition) is 0. The first-order valence-electron chi connectivity index (χ1n) is 18.5. The lowest BCUT2D eigenvalue weighted by Gasteiger charge is -2.17. The van der Waals surface area contributed by atoms with Gasteiger partial charge in [-0.15, -0.1) is 0 Å². The van der Waals surface area contributed by atoms with Crippen LogP contribution < -0.4 is 0 Å². The van der Waals surface area contributed by atoms with Gasteiger partial charge in [0.2, 0.25) is 0 Å². The molecule has 0 saturated carbocycles. The highest BCUT2D eigenvalue weighted by Crippen LogP contribution is 2.46. The van der Waals surface area contributed by atoms with Crippen LogP contribution >= 0.6 is 0 Å². The van der Waals surface area contributed by atoms with Gasteiger partial charge in [0.1, 0.15) is 11.2 Å². The second-order valence-electron chi connectivity index (χ2n) is 13.9. The van der Waals surface area contributed by atoms with Crippen LogP contribution in [0, 0.1) is 0 Å². The molecule has 0 unspecified atom stereocenters. The smallest absolute Gasteiger partial charge is 0.164 e. The van der Waals surface area contributed by atoms with Gasteiger partial charge in [0, 0.05) is 33.0 Å². The minimum atomic E-state index is 0.613. The average molecular weight is 702 g/mol. The molecule has 0 amide bonds. The molecular formula is C51H31N3O. The van der Waals surface area contributed by atoms with Crippen molar-refractivity contribution in [1.82, 2.24) is 15.0 Å². The summed E-state index contributed by atoms with van der Waals surface area (Å²) >= 11 is 0. The molecule has 0 spiro atoms. The molecule has 0 aliphatic carbocycles. The third kappa shape index (κ3) is 5.11. The largest absolute Gasteiger partial charge is 0.456 e. The summed E-state index contributed by atoms with van der Waals surface area (Å²) in [6.45, 7) is 0. The normalized spacial score (nSPS) is 11.6. The maximum absolute atomic E-state index is 6.53. The molecule has 55 heavy (non-hydrogen) atoms. The lowest BCUT2D eigenvalue weighted by molar-refractivity contribution is 0.669. The Morgan fingerprint density at radius 3 is 1.42 bits per heavy atom. The van der Waals surface area contributed by atoms with E-state index < -0.39 is 0 Å². The molecule has 0 fully saturated rings. The molecule has 0 saturated heterocycles. The number of fused-ring (bicyclic) bond motifs is 9. The Balaban J connectivity index is 1.21. The van der Waals surface area contributed by atoms with Gasteiger partial charge < -0.3 is 4.42 Å². The zero-order chi connectivity index (χ0) is 36.3. The van der Waals surface area contributed by atoms with Crippen LogP contribution in [-0.2, 0) is 0 Å². The van der Waals surface area contributed by atoms with Crippen molar-refractivity contribution in [3.63, 3.8) is 0 Å². The van der Waals surface area contributed by atoms with Crippen molar-refractivity contribution < 1.29 is 4.42 Å². The van der Waals surface area contributed by atoms with Crippen LogP contribution in [0.15, 0.2) is 192 Å². The molecule has 256 valence electrons. The van der Waals surface area contributed by atoms with Gasteiger partial charge in [-0.1, -0.05) is 164 Å². The fraction of sp³-hybridized carbons (Fsp3) is 0. The van der Waals surface area contributed by atoms with Crippen molar-refractivity contribution in [2.75, 3.05) is 0 Å². The van der Waals surface area contributed by atoms with Crippen LogP contribution in [0.5, 0.6) is 0 Å². The summed E-state index contributed by atoms with van der Waals surface area (Å²) in [7, 11) is 0. The van der Waals surface area contributed by atoms with Crippen LogP contribution in [0.3, 0.4) is 0 Å². The van der Waals surface area contributed by atoms with E-state index in [-0.39, 0.29) is 0 Å². The van der Waals surface area contributed by atoms with E-state index in [0.717, 1.165) is 60.9 Å². The molecule has 4 nitrogen and oxygen atoms in total. The van der Waals surface area contributed by atoms with Gasteiger partial charge in [0.05, 0.1) is 0 Å². The molecule has 9 aromatic carbocycles. The highest BCUT2D eigenvalue weighted by Gasteiger charge is 2.22. The van der Waals surface area contributed by atoms with Crippen molar-refractivity contribution >= 4 is 54.3 Å². The quantitative estimate of drug-likeness (QED) is 0.168. The number of aromatic nitrogens is 3. The molecule has 0 N–H and O–H groups in total. The van der Waals surface area contributed by atoms with Crippen LogP contribution in [0.1, 0.15) is 0 Å². The summed E-state index contributed by atoms with van der Waals surface area (Å²) in [5, 5.41) is 9.60. The number of benzene rings is 9. The van der Waals surface area contributed by atoms with E-state index in [1.165, 1.54) is 32.3 Å². The number of hydrogen-bond acceptors (Lipinski definition) is 4. The Morgan fingerprint density at radius 1 is 0.291 bits per heavy atom. The first kappa shape index (κ1) is 31.1. The van der Waals surface area contributed by atoms with Gasteiger partial charge >= 0.3 is 0 Å². The van der Waals surface area contributed by atoms with E-state index in [0.29, 0.717) is 17.5 Å². The minimum absolute atomic E-state index is 0.613. The van der Waals surface area contributed by atoms with Crippen LogP contribution in [0.4, 0.5) is 0 Å². The second-order valence-corrected chi connectivity index (χ2v) is 13.9. The molecule has 2 heterocycles. The van der Waals surface area contributed by atoms with Crippen molar-refractivity contribution in [2.45, 2.75) is 0 Å². The summed E-state index contributed by atoms with van der Waals surface area (Å²) in [6.07, 6.45) is 0. The molecule has 0 radical (unpaired) electrons. The lowest BCUT2D eigenvalue weighted by Crippen LogP contribution is -2.01. The Labute approximate surface area is 317 Å². The van der Waals surface area contributed by atoms with Gasteiger partial charge in [-0.25, -0.2) is 15.0 Å². The van der Waals surface area contributed by atoms with E-state index in [4.69, 9.17) is 19.4 Å². The zero-order valence-electron chi connectivity index (χ0n) is 29.6. The highest BCUT2D eigenvalue weighted by molar-refractivity contribution is 6.26. The van der Waals surface area contributed by atoms with Gasteiger partial charge in [-0.2, -0.15) is 0 Å². The lowest BCUT2D eigenvalue weighted by atomic mass is 9.86. The molecule has 11 rings (SSSR count). The SMILES string of the molecule is c1ccc(-c2nc(-c3ccccc3)nc(-c3ccccc3-c3ccc4oc5ccccc5c4c3-c3ccc4c5ccccc5c5ccccc5c4c3)n2)cc1. The van der Waals surface area contributed by atoms with Crippen molar-refractivity contribution in [3.8, 4) is 56.4 Å². The third-order valence-electron chi connectivity index (χ3n) is 10.7. The van der Waals surface area contributed by atoms with Crippen LogP contribution in [0.2, 0.25) is 0 Å². The predicted octanol–water partition coefficient (Wildman–Crippen LogP) is 13.6. The molecule has 4 heteroatoms. The number of nitrogens with zero attached hydrogens (tertiary/aromatic N) is 3. The topological polar surface area (TPSA) is 51.8 Å². The average Bonchev–Trinajstić information content (AvgIpc) is 3.65. The van der Waals surface area contributed by atoms with Gasteiger partial charge in [0.15, 0.2) is 17.5 Å². The van der Waals surface area contributed by atoms with Crippen LogP contribution in [-0.4, -0.2) is 15.0 Å². The van der Waals surface area contributed by atoms with Gasteiger partial charge in [-0.3, -0.25) is 0 Å². The highest BCUT2D eigenvalue weighted by atomic mass is 16.3. The fourth-order valence-corrected chi connectivity index (χ4v) is 8.25. The molecule has 0 aliphatic heterocycles. The number of furan rings is 1. The Kier molecular flexibility index (Phi) is 7.14. The fourth-order valence-electron chi connectivity index (χ4n) is 8.25. The van der Waals surface area contributed by atoms with E-state index in [1.54, 1.807) is 0 Å². The second kappa shape index (κ2) is 12.6. The Morgan fingerprint density at radius 2 is 0.782 bits per heavy atom. The molecule has 0 atom stereocenters. The van der Waals surface area contributed by atoms with E-state index in [1.807, 2.05) is 72.8 Å². The molecule has 0 bridgehead atoms. The van der Waals surface area contributed by atoms with E-state index >= 15 is 0 Å². The van der Waals surface area contributed by atoms with E-state index in [9.17, 15) is 0 Å². The van der Waals surface area contributed by atoms with Gasteiger partial charge in [-0.05, 0) is 73.3 Å². The summed E-state index contributed by atoms with van der Waals surface area (Å²) < 4.78 is 6.53. The molecular weight excluding hydrogens is 671 g/mol. The Bertz CT molecular complexity index is 3170. The first-order chi connectivity index (χ1) is 27.3. The predicted molar refractivity (Wildman–Crippen MR) is 227 cm³/mol. The summed E-state index contributed by atoms with van der Waals surface area (Å²) in [5.41, 5.74) is 8.81. The standard InChI is InChI=1S/C51H31N3O/c1-3-15-32(16-4-1)49-52-50(33-17-5-2-6-18-33)54-51(53-49)42-24-12-11-23-39(42)41-29-30-46-48(43-25-13-14-26-45(43)55-46)47(41)34-27-28-40-37-21-8-7-19-35(37)36-20-9-10-22-38(36)44(40)31-34/h1-31H. The Hall–Kier alpha value is -7.43. The molecule has 0 aliphatic rings. The zero-order valence-corrected chi connectivity index (χ0v) is 29.6. The van der Waals surface area contributed by atoms with E-state index in [2.05, 4.69) is 115 Å². The third-order valence-corrected chi connectivity index (χ3v) is 10.7. The summed E-state index contributed by atoms with van der Waals surface area (Å²) in [5.74, 6) is 1.87. The number of rotatable bonds is 5. The van der Waals surface area contributed by atoms with Gasteiger partial charge in [0.25, 0.3) is 0 Å². The molecule has 11 aromatic rings. The first-order valence-corrected chi connectivity index (χ1v) is 18.5. The maximum atomic E-state index is 6.53. The monoisotopic (exact) mass is 701 g/mol. The van der Waals surface area contributed by atoms with Crippen molar-refractivity contribution in [1.29, 1.82) is 0 Å². The summed E-state index contributed by atoms with van der Waals surface area (Å²) in [6, 6.07) is 65.7. The summed E-state index contributed by atoms with van der Waals surface area (Å²) in [4.78, 5) is 15.3.